The third-order valence-electron chi connectivity index (χ3n) is 8.39. The predicted octanol–water partition coefficient (Wildman–Crippen LogP) is 12.6. The van der Waals surface area contributed by atoms with Gasteiger partial charge < -0.3 is 4.18 Å². The van der Waals surface area contributed by atoms with Gasteiger partial charge in [-0.15, -0.1) is 0 Å². The third-order valence-corrected chi connectivity index (χ3v) is 11.6. The minimum atomic E-state index is -2.24. The van der Waals surface area contributed by atoms with Gasteiger partial charge in [-0.25, -0.2) is 0 Å². The van der Waals surface area contributed by atoms with Crippen LogP contribution in [0.25, 0.3) is 0 Å². The number of unbranched alkanes of at least 4 members (excludes halogenated alkanes) is 9. The summed E-state index contributed by atoms with van der Waals surface area (Å²) in [6.45, 7) is 8.82. The SMILES string of the molecule is CCCCCCc1ccc(S(OC(=O)CCC)(c2ccc(CCCCCC)cc2)c2ccc(CCCCCC)cc2)cc1. The minimum Gasteiger partial charge on any atom is -0.402 e. The first kappa shape index (κ1) is 35.0. The van der Waals surface area contributed by atoms with Gasteiger partial charge in [0.25, 0.3) is 0 Å². The van der Waals surface area contributed by atoms with Gasteiger partial charge in [-0.2, -0.15) is 0 Å². The molecule has 0 N–H and O–H groups in total. The molecule has 0 atom stereocenters. The van der Waals surface area contributed by atoms with Gasteiger partial charge in [0.15, 0.2) is 0 Å². The molecule has 3 rings (SSSR count). The highest BCUT2D eigenvalue weighted by Gasteiger charge is 2.35. The van der Waals surface area contributed by atoms with Crippen LogP contribution < -0.4 is 0 Å². The summed E-state index contributed by atoms with van der Waals surface area (Å²) in [5.74, 6) is -0.117. The second-order valence-electron chi connectivity index (χ2n) is 12.1. The van der Waals surface area contributed by atoms with Crippen molar-refractivity contribution in [3.8, 4) is 0 Å². The van der Waals surface area contributed by atoms with E-state index in [1.165, 1.54) is 93.7 Å². The van der Waals surface area contributed by atoms with Crippen molar-refractivity contribution in [2.24, 2.45) is 0 Å². The Bertz CT molecular complexity index is 1030. The molecule has 0 saturated heterocycles. The van der Waals surface area contributed by atoms with E-state index in [2.05, 4.69) is 93.6 Å². The van der Waals surface area contributed by atoms with Crippen LogP contribution in [0.1, 0.15) is 134 Å². The quantitative estimate of drug-likeness (QED) is 0.113. The molecule has 0 aliphatic rings. The van der Waals surface area contributed by atoms with E-state index in [1.807, 2.05) is 6.92 Å². The molecule has 3 heteroatoms. The monoisotopic (exact) mass is 602 g/mol. The van der Waals surface area contributed by atoms with E-state index >= 15 is 0 Å². The van der Waals surface area contributed by atoms with Crippen LogP contribution in [-0.4, -0.2) is 5.97 Å². The maximum atomic E-state index is 13.4. The number of hydrogen-bond acceptors (Lipinski definition) is 2. The fourth-order valence-corrected chi connectivity index (χ4v) is 8.77. The highest BCUT2D eigenvalue weighted by Crippen LogP contribution is 2.69. The fraction of sp³-hybridized carbons (Fsp3) is 0.525. The topological polar surface area (TPSA) is 26.3 Å². The zero-order valence-electron chi connectivity index (χ0n) is 27.7. The molecule has 0 aliphatic carbocycles. The lowest BCUT2D eigenvalue weighted by Crippen LogP contribution is -2.14. The van der Waals surface area contributed by atoms with Gasteiger partial charge in [-0.3, -0.25) is 4.79 Å². The van der Waals surface area contributed by atoms with Crippen LogP contribution in [0.4, 0.5) is 0 Å². The van der Waals surface area contributed by atoms with Gasteiger partial charge >= 0.3 is 5.97 Å². The van der Waals surface area contributed by atoms with E-state index in [9.17, 15) is 4.79 Å². The van der Waals surface area contributed by atoms with E-state index in [-0.39, 0.29) is 5.97 Å². The second-order valence-corrected chi connectivity index (χ2v) is 14.8. The highest BCUT2D eigenvalue weighted by molar-refractivity contribution is 8.30. The minimum absolute atomic E-state index is 0.117. The number of rotatable bonds is 21. The molecule has 236 valence electrons. The first-order valence-electron chi connectivity index (χ1n) is 17.4. The molecule has 0 fully saturated rings. The van der Waals surface area contributed by atoms with E-state index in [4.69, 9.17) is 4.18 Å². The average Bonchev–Trinajstić information content (AvgIpc) is 3.03. The Labute approximate surface area is 265 Å². The molecule has 0 spiro atoms. The van der Waals surface area contributed by atoms with Gasteiger partial charge in [0.2, 0.25) is 0 Å². The summed E-state index contributed by atoms with van der Waals surface area (Å²) < 4.78 is 6.74. The summed E-state index contributed by atoms with van der Waals surface area (Å²) >= 11 is 0. The van der Waals surface area contributed by atoms with Crippen molar-refractivity contribution in [2.75, 3.05) is 0 Å². The summed E-state index contributed by atoms with van der Waals surface area (Å²) in [4.78, 5) is 16.7. The first-order valence-corrected chi connectivity index (χ1v) is 19.0. The average molecular weight is 603 g/mol. The van der Waals surface area contributed by atoms with Crippen molar-refractivity contribution in [2.45, 2.75) is 152 Å². The smallest absolute Gasteiger partial charge is 0.317 e. The lowest BCUT2D eigenvalue weighted by Gasteiger charge is -2.40. The second kappa shape index (κ2) is 19.7. The van der Waals surface area contributed by atoms with E-state index < -0.39 is 10.3 Å². The van der Waals surface area contributed by atoms with Gasteiger partial charge in [0, 0.05) is 21.1 Å². The summed E-state index contributed by atoms with van der Waals surface area (Å²) in [6, 6.07) is 27.0. The third kappa shape index (κ3) is 10.9. The summed E-state index contributed by atoms with van der Waals surface area (Å²) in [7, 11) is -2.24. The lowest BCUT2D eigenvalue weighted by atomic mass is 10.1. The number of hydrogen-bond donors (Lipinski definition) is 0. The standard InChI is InChI=1S/C40H58O2S/c1-5-9-12-15-19-34-22-28-37(29-23-34)43(42-40(41)18-8-4,38-30-24-35(25-31-38)20-16-13-10-6-2)39-32-26-36(27-33-39)21-17-14-11-7-3/h22-33H,5-21H2,1-4H3. The molecule has 0 saturated carbocycles. The fourth-order valence-electron chi connectivity index (χ4n) is 5.75. The number of carbonyl (C=O) groups excluding carboxylic acids is 1. The maximum Gasteiger partial charge on any atom is 0.317 e. The molecule has 0 aromatic heterocycles. The van der Waals surface area contributed by atoms with Gasteiger partial charge in [0.1, 0.15) is 0 Å². The number of benzene rings is 3. The van der Waals surface area contributed by atoms with E-state index in [1.54, 1.807) is 0 Å². The van der Waals surface area contributed by atoms with Crippen molar-refractivity contribution in [3.05, 3.63) is 89.5 Å². The Balaban J connectivity index is 2.03. The van der Waals surface area contributed by atoms with Gasteiger partial charge in [0.05, 0.1) is 0 Å². The van der Waals surface area contributed by atoms with Crippen LogP contribution in [0.3, 0.4) is 0 Å². The van der Waals surface area contributed by atoms with E-state index in [0.717, 1.165) is 40.4 Å². The van der Waals surface area contributed by atoms with Crippen LogP contribution in [0.15, 0.2) is 87.5 Å². The molecule has 0 heterocycles. The van der Waals surface area contributed by atoms with Crippen molar-refractivity contribution in [1.29, 1.82) is 0 Å². The Kier molecular flexibility index (Phi) is 16.0. The molecule has 0 aliphatic heterocycles. The van der Waals surface area contributed by atoms with Gasteiger partial charge in [-0.05, 0) is 108 Å². The zero-order chi connectivity index (χ0) is 30.8. The Morgan fingerprint density at radius 1 is 0.465 bits per heavy atom. The number of carbonyl (C=O) groups is 1. The predicted molar refractivity (Wildman–Crippen MR) is 186 cm³/mol. The van der Waals surface area contributed by atoms with E-state index in [0.29, 0.717) is 6.42 Å². The Hall–Kier alpha value is -2.52. The summed E-state index contributed by atoms with van der Waals surface area (Å²) in [5.41, 5.74) is 4.08. The largest absolute Gasteiger partial charge is 0.402 e. The highest BCUT2D eigenvalue weighted by atomic mass is 32.3. The maximum absolute atomic E-state index is 13.4. The Morgan fingerprint density at radius 3 is 1.07 bits per heavy atom. The lowest BCUT2D eigenvalue weighted by molar-refractivity contribution is -0.133. The van der Waals surface area contributed by atoms with Crippen molar-refractivity contribution < 1.29 is 8.98 Å². The van der Waals surface area contributed by atoms with Crippen LogP contribution in [-0.2, 0) is 28.2 Å². The molecule has 3 aromatic rings. The molecule has 0 bridgehead atoms. The molecular weight excluding hydrogens is 545 g/mol. The molecule has 2 nitrogen and oxygen atoms in total. The summed E-state index contributed by atoms with van der Waals surface area (Å²) in [6.07, 6.45) is 19.6. The normalized spacial score (nSPS) is 11.9. The molecule has 43 heavy (non-hydrogen) atoms. The first-order chi connectivity index (χ1) is 21.1. The van der Waals surface area contributed by atoms with Crippen molar-refractivity contribution in [3.63, 3.8) is 0 Å². The van der Waals surface area contributed by atoms with Gasteiger partial charge in [-0.1, -0.05) is 122 Å². The molecular formula is C40H58O2S. The number of aryl methyl sites for hydroxylation is 3. The van der Waals surface area contributed by atoms with Crippen molar-refractivity contribution in [1.82, 2.24) is 0 Å². The molecule has 0 unspecified atom stereocenters. The zero-order valence-corrected chi connectivity index (χ0v) is 28.5. The molecule has 0 radical (unpaired) electrons. The van der Waals surface area contributed by atoms with Crippen LogP contribution in [0, 0.1) is 0 Å². The van der Waals surface area contributed by atoms with Crippen LogP contribution >= 0.6 is 10.3 Å². The van der Waals surface area contributed by atoms with Crippen LogP contribution in [0.2, 0.25) is 0 Å². The molecule has 0 amide bonds. The van der Waals surface area contributed by atoms with Crippen molar-refractivity contribution >= 4 is 16.3 Å². The summed E-state index contributed by atoms with van der Waals surface area (Å²) in [5, 5.41) is 0. The van der Waals surface area contributed by atoms with Crippen LogP contribution in [0.5, 0.6) is 0 Å². The molecule has 3 aromatic carbocycles. The Morgan fingerprint density at radius 2 is 0.791 bits per heavy atom.